The van der Waals surface area contributed by atoms with Crippen LogP contribution in [0.2, 0.25) is 0 Å². The number of hydrogen-bond donors (Lipinski definition) is 3. The molecule has 0 aliphatic carbocycles. The van der Waals surface area contributed by atoms with E-state index < -0.39 is 6.03 Å². The molecule has 7 heteroatoms. The molecule has 0 unspecified atom stereocenters. The van der Waals surface area contributed by atoms with E-state index in [1.807, 2.05) is 6.07 Å². The number of anilines is 1. The standard InChI is InChI=1S/C15H16N4O3/c1-22-13-5-4-11(7-12(13)19-15(16)21)14(20)18-9-10-3-2-6-17-8-10/h2-8H,9H2,1H3,(H,18,20)(H3,16,19,21). The van der Waals surface area contributed by atoms with Gasteiger partial charge < -0.3 is 21.1 Å². The van der Waals surface area contributed by atoms with Gasteiger partial charge in [0.15, 0.2) is 0 Å². The molecule has 114 valence electrons. The van der Waals surface area contributed by atoms with Crippen LogP contribution in [0.15, 0.2) is 42.7 Å². The average Bonchev–Trinajstić information content (AvgIpc) is 2.53. The van der Waals surface area contributed by atoms with Gasteiger partial charge in [0.1, 0.15) is 5.75 Å². The number of urea groups is 1. The number of pyridine rings is 1. The molecule has 3 amide bonds. The summed E-state index contributed by atoms with van der Waals surface area (Å²) < 4.78 is 5.10. The lowest BCUT2D eigenvalue weighted by molar-refractivity contribution is 0.0951. The predicted octanol–water partition coefficient (Wildman–Crippen LogP) is 1.51. The molecule has 0 radical (unpaired) electrons. The second-order valence-electron chi connectivity index (χ2n) is 4.45. The van der Waals surface area contributed by atoms with Gasteiger partial charge in [-0.05, 0) is 29.8 Å². The minimum absolute atomic E-state index is 0.279. The first-order valence-electron chi connectivity index (χ1n) is 6.51. The van der Waals surface area contributed by atoms with Gasteiger partial charge in [0.05, 0.1) is 12.8 Å². The van der Waals surface area contributed by atoms with E-state index in [2.05, 4.69) is 15.6 Å². The van der Waals surface area contributed by atoms with Gasteiger partial charge in [-0.3, -0.25) is 9.78 Å². The predicted molar refractivity (Wildman–Crippen MR) is 81.6 cm³/mol. The lowest BCUT2D eigenvalue weighted by Crippen LogP contribution is -2.24. The molecular weight excluding hydrogens is 284 g/mol. The zero-order valence-electron chi connectivity index (χ0n) is 12.0. The smallest absolute Gasteiger partial charge is 0.316 e. The maximum Gasteiger partial charge on any atom is 0.316 e. The van der Waals surface area contributed by atoms with Crippen LogP contribution in [0.5, 0.6) is 5.75 Å². The van der Waals surface area contributed by atoms with Crippen molar-refractivity contribution in [3.63, 3.8) is 0 Å². The molecule has 0 saturated carbocycles. The number of carbonyl (C=O) groups excluding carboxylic acids is 2. The van der Waals surface area contributed by atoms with E-state index in [4.69, 9.17) is 10.5 Å². The number of nitrogens with zero attached hydrogens (tertiary/aromatic N) is 1. The van der Waals surface area contributed by atoms with Gasteiger partial charge in [-0.15, -0.1) is 0 Å². The molecule has 0 spiro atoms. The molecule has 1 aromatic carbocycles. The van der Waals surface area contributed by atoms with Crippen molar-refractivity contribution in [3.05, 3.63) is 53.9 Å². The molecule has 0 bridgehead atoms. The van der Waals surface area contributed by atoms with E-state index in [9.17, 15) is 9.59 Å². The van der Waals surface area contributed by atoms with Crippen molar-refractivity contribution in [1.82, 2.24) is 10.3 Å². The lowest BCUT2D eigenvalue weighted by atomic mass is 10.1. The van der Waals surface area contributed by atoms with Crippen molar-refractivity contribution in [2.24, 2.45) is 5.73 Å². The van der Waals surface area contributed by atoms with Crippen LogP contribution in [-0.2, 0) is 6.54 Å². The third kappa shape index (κ3) is 3.95. The highest BCUT2D eigenvalue weighted by Gasteiger charge is 2.11. The van der Waals surface area contributed by atoms with Crippen LogP contribution in [-0.4, -0.2) is 24.0 Å². The van der Waals surface area contributed by atoms with Crippen LogP contribution in [0.25, 0.3) is 0 Å². The number of carbonyl (C=O) groups is 2. The maximum absolute atomic E-state index is 12.1. The Bertz CT molecular complexity index is 674. The van der Waals surface area contributed by atoms with E-state index in [-0.39, 0.29) is 5.91 Å². The molecule has 1 aromatic heterocycles. The number of nitrogens with one attached hydrogen (secondary N) is 2. The first kappa shape index (κ1) is 15.3. The minimum atomic E-state index is -0.730. The number of ether oxygens (including phenoxy) is 1. The van der Waals surface area contributed by atoms with Crippen molar-refractivity contribution in [2.75, 3.05) is 12.4 Å². The molecule has 0 saturated heterocycles. The maximum atomic E-state index is 12.1. The fourth-order valence-corrected chi connectivity index (χ4v) is 1.87. The Balaban J connectivity index is 2.10. The van der Waals surface area contributed by atoms with E-state index >= 15 is 0 Å². The first-order chi connectivity index (χ1) is 10.6. The molecule has 0 atom stereocenters. The van der Waals surface area contributed by atoms with Gasteiger partial charge in [-0.2, -0.15) is 0 Å². The highest BCUT2D eigenvalue weighted by Crippen LogP contribution is 2.25. The quantitative estimate of drug-likeness (QED) is 0.778. The summed E-state index contributed by atoms with van der Waals surface area (Å²) in [5, 5.41) is 5.19. The summed E-state index contributed by atoms with van der Waals surface area (Å²) in [5.74, 6) is 0.140. The van der Waals surface area contributed by atoms with Gasteiger partial charge in [0.2, 0.25) is 0 Å². The van der Waals surface area contributed by atoms with E-state index in [1.165, 1.54) is 13.2 Å². The summed E-state index contributed by atoms with van der Waals surface area (Å²) in [4.78, 5) is 27.1. The fraction of sp³-hybridized carbons (Fsp3) is 0.133. The van der Waals surface area contributed by atoms with E-state index in [0.29, 0.717) is 23.5 Å². The van der Waals surface area contributed by atoms with E-state index in [0.717, 1.165) is 5.56 Å². The zero-order valence-corrected chi connectivity index (χ0v) is 12.0. The van der Waals surface area contributed by atoms with E-state index in [1.54, 1.807) is 30.6 Å². The summed E-state index contributed by atoms with van der Waals surface area (Å²) >= 11 is 0. The highest BCUT2D eigenvalue weighted by molar-refractivity contribution is 5.97. The summed E-state index contributed by atoms with van der Waals surface area (Å²) in [7, 11) is 1.46. The number of benzene rings is 1. The number of aromatic nitrogens is 1. The molecule has 0 aliphatic rings. The van der Waals surface area contributed by atoms with Gasteiger partial charge in [-0.1, -0.05) is 6.07 Å². The lowest BCUT2D eigenvalue weighted by Gasteiger charge is -2.11. The Morgan fingerprint density at radius 2 is 2.14 bits per heavy atom. The zero-order chi connectivity index (χ0) is 15.9. The van der Waals surface area contributed by atoms with Crippen LogP contribution < -0.4 is 21.1 Å². The average molecular weight is 300 g/mol. The number of hydrogen-bond acceptors (Lipinski definition) is 4. The van der Waals surface area contributed by atoms with Crippen molar-refractivity contribution in [2.45, 2.75) is 6.54 Å². The Morgan fingerprint density at radius 3 is 2.77 bits per heavy atom. The van der Waals surface area contributed by atoms with Crippen LogP contribution in [0, 0.1) is 0 Å². The summed E-state index contributed by atoms with van der Waals surface area (Å²) in [6.07, 6.45) is 3.34. The molecule has 7 nitrogen and oxygen atoms in total. The SMILES string of the molecule is COc1ccc(C(=O)NCc2cccnc2)cc1NC(N)=O. The van der Waals surface area contributed by atoms with Crippen molar-refractivity contribution in [3.8, 4) is 5.75 Å². The summed E-state index contributed by atoms with van der Waals surface area (Å²) in [5.41, 5.74) is 6.70. The molecule has 22 heavy (non-hydrogen) atoms. The molecule has 1 heterocycles. The molecule has 4 N–H and O–H groups in total. The molecule has 0 aliphatic heterocycles. The monoisotopic (exact) mass is 300 g/mol. The number of nitrogens with two attached hydrogens (primary N) is 1. The topological polar surface area (TPSA) is 106 Å². The van der Waals surface area contributed by atoms with Crippen LogP contribution in [0.3, 0.4) is 0 Å². The molecular formula is C15H16N4O3. The molecule has 0 fully saturated rings. The molecule has 2 rings (SSSR count). The number of rotatable bonds is 5. The van der Waals surface area contributed by atoms with Crippen LogP contribution in [0.4, 0.5) is 10.5 Å². The largest absolute Gasteiger partial charge is 0.495 e. The normalized spacial score (nSPS) is 9.86. The van der Waals surface area contributed by atoms with Crippen LogP contribution >= 0.6 is 0 Å². The molecule has 2 aromatic rings. The van der Waals surface area contributed by atoms with Gasteiger partial charge in [0.25, 0.3) is 5.91 Å². The van der Waals surface area contributed by atoms with Gasteiger partial charge >= 0.3 is 6.03 Å². The third-order valence-electron chi connectivity index (χ3n) is 2.90. The van der Waals surface area contributed by atoms with Gasteiger partial charge in [-0.25, -0.2) is 4.79 Å². The van der Waals surface area contributed by atoms with Crippen LogP contribution in [0.1, 0.15) is 15.9 Å². The Morgan fingerprint density at radius 1 is 1.32 bits per heavy atom. The minimum Gasteiger partial charge on any atom is -0.495 e. The Hall–Kier alpha value is -3.09. The highest BCUT2D eigenvalue weighted by atomic mass is 16.5. The Labute approximate surface area is 127 Å². The second-order valence-corrected chi connectivity index (χ2v) is 4.45. The van der Waals surface area contributed by atoms with Crippen molar-refractivity contribution < 1.29 is 14.3 Å². The Kier molecular flexibility index (Phi) is 4.92. The van der Waals surface area contributed by atoms with Gasteiger partial charge in [0, 0.05) is 24.5 Å². The first-order valence-corrected chi connectivity index (χ1v) is 6.51. The number of methoxy groups -OCH3 is 1. The third-order valence-corrected chi connectivity index (χ3v) is 2.90. The second kappa shape index (κ2) is 7.07. The van der Waals surface area contributed by atoms with Crippen molar-refractivity contribution >= 4 is 17.6 Å². The summed E-state index contributed by atoms with van der Waals surface area (Å²) in [6.45, 7) is 0.358. The fourth-order valence-electron chi connectivity index (χ4n) is 1.87. The number of primary amides is 1. The summed E-state index contributed by atoms with van der Waals surface area (Å²) in [6, 6.07) is 7.62. The number of amides is 3. The van der Waals surface area contributed by atoms with Crippen molar-refractivity contribution in [1.29, 1.82) is 0 Å².